The van der Waals surface area contributed by atoms with E-state index in [-0.39, 0.29) is 17.9 Å². The van der Waals surface area contributed by atoms with Gasteiger partial charge in [0.2, 0.25) is 0 Å². The highest BCUT2D eigenvalue weighted by molar-refractivity contribution is 5.21. The first-order chi connectivity index (χ1) is 9.49. The number of benzene rings is 1. The number of imidazole rings is 1. The Morgan fingerprint density at radius 1 is 1.35 bits per heavy atom. The van der Waals surface area contributed by atoms with Gasteiger partial charge in [0.05, 0.1) is 6.54 Å². The van der Waals surface area contributed by atoms with Crippen LogP contribution in [0.5, 0.6) is 0 Å². The number of aromatic nitrogens is 2. The van der Waals surface area contributed by atoms with Gasteiger partial charge >= 0.3 is 0 Å². The van der Waals surface area contributed by atoms with Crippen molar-refractivity contribution in [3.63, 3.8) is 0 Å². The minimum Gasteiger partial charge on any atom is -0.337 e. The lowest BCUT2D eigenvalue weighted by Crippen LogP contribution is -2.37. The van der Waals surface area contributed by atoms with Crippen LogP contribution in [0, 0.1) is 5.82 Å². The van der Waals surface area contributed by atoms with Crippen LogP contribution >= 0.6 is 0 Å². The lowest BCUT2D eigenvalue weighted by Gasteiger charge is -2.31. The molecule has 20 heavy (non-hydrogen) atoms. The highest BCUT2D eigenvalue weighted by Crippen LogP contribution is 2.23. The third-order valence-electron chi connectivity index (χ3n) is 3.50. The van der Waals surface area contributed by atoms with Crippen molar-refractivity contribution in [2.75, 3.05) is 7.05 Å². The van der Waals surface area contributed by atoms with Gasteiger partial charge in [0.25, 0.3) is 0 Å². The van der Waals surface area contributed by atoms with Crippen LogP contribution in [0.15, 0.2) is 36.7 Å². The lowest BCUT2D eigenvalue weighted by atomic mass is 9.99. The van der Waals surface area contributed by atoms with E-state index < -0.39 is 0 Å². The summed E-state index contributed by atoms with van der Waals surface area (Å²) in [7, 11) is 3.97. The summed E-state index contributed by atoms with van der Waals surface area (Å²) in [5.41, 5.74) is 7.12. The van der Waals surface area contributed by atoms with Crippen LogP contribution in [0.2, 0.25) is 0 Å². The number of nitrogens with two attached hydrogens (primary N) is 1. The number of likely N-dealkylation sites (N-methyl/N-ethyl adjacent to an activating group) is 1. The molecule has 0 aliphatic heterocycles. The molecule has 5 heteroatoms. The van der Waals surface area contributed by atoms with E-state index in [0.29, 0.717) is 6.54 Å². The molecule has 1 aromatic carbocycles. The van der Waals surface area contributed by atoms with Gasteiger partial charge in [-0.1, -0.05) is 12.1 Å². The van der Waals surface area contributed by atoms with Crippen LogP contribution in [0.3, 0.4) is 0 Å². The van der Waals surface area contributed by atoms with Gasteiger partial charge in [-0.05, 0) is 31.7 Å². The fourth-order valence-electron chi connectivity index (χ4n) is 2.49. The Labute approximate surface area is 119 Å². The average molecular weight is 276 g/mol. The van der Waals surface area contributed by atoms with Crippen LogP contribution in [-0.2, 0) is 13.6 Å². The van der Waals surface area contributed by atoms with E-state index >= 15 is 0 Å². The largest absolute Gasteiger partial charge is 0.337 e. The summed E-state index contributed by atoms with van der Waals surface area (Å²) in [4.78, 5) is 6.46. The van der Waals surface area contributed by atoms with E-state index in [1.54, 1.807) is 18.3 Å². The van der Waals surface area contributed by atoms with Gasteiger partial charge in [-0.25, -0.2) is 9.37 Å². The molecule has 0 saturated heterocycles. The molecule has 0 spiro atoms. The Morgan fingerprint density at radius 3 is 2.50 bits per heavy atom. The Hall–Kier alpha value is -1.72. The molecule has 0 radical (unpaired) electrons. The standard InChI is InChI=1S/C15H21FN4/c1-11(17)15(12-4-6-13(16)7-5-12)20(3)10-14-18-8-9-19(14)2/h4-9,11,15H,10,17H2,1-3H3. The second-order valence-electron chi connectivity index (χ2n) is 5.22. The van der Waals surface area contributed by atoms with E-state index in [9.17, 15) is 4.39 Å². The topological polar surface area (TPSA) is 47.1 Å². The van der Waals surface area contributed by atoms with Gasteiger partial charge in [-0.3, -0.25) is 4.90 Å². The molecule has 0 fully saturated rings. The summed E-state index contributed by atoms with van der Waals surface area (Å²) in [5.74, 6) is 0.740. The summed E-state index contributed by atoms with van der Waals surface area (Å²) in [6.07, 6.45) is 3.70. The fraction of sp³-hybridized carbons (Fsp3) is 0.400. The van der Waals surface area contributed by atoms with Crippen molar-refractivity contribution in [2.24, 2.45) is 12.8 Å². The molecule has 4 nitrogen and oxygen atoms in total. The van der Waals surface area contributed by atoms with E-state index in [1.807, 2.05) is 31.8 Å². The maximum Gasteiger partial charge on any atom is 0.123 e. The van der Waals surface area contributed by atoms with Crippen molar-refractivity contribution < 1.29 is 4.39 Å². The summed E-state index contributed by atoms with van der Waals surface area (Å²) in [5, 5.41) is 0. The summed E-state index contributed by atoms with van der Waals surface area (Å²) >= 11 is 0. The minimum absolute atomic E-state index is 0.0206. The molecule has 108 valence electrons. The van der Waals surface area contributed by atoms with Gasteiger partial charge in [0, 0.05) is 31.5 Å². The highest BCUT2D eigenvalue weighted by atomic mass is 19.1. The molecular formula is C15H21FN4. The number of hydrogen-bond donors (Lipinski definition) is 1. The van der Waals surface area contributed by atoms with Crippen molar-refractivity contribution in [1.29, 1.82) is 0 Å². The number of aryl methyl sites for hydroxylation is 1. The van der Waals surface area contributed by atoms with Crippen molar-refractivity contribution >= 4 is 0 Å². The van der Waals surface area contributed by atoms with E-state index in [0.717, 1.165) is 11.4 Å². The molecule has 0 bridgehead atoms. The third kappa shape index (κ3) is 3.23. The lowest BCUT2D eigenvalue weighted by molar-refractivity contribution is 0.204. The zero-order chi connectivity index (χ0) is 14.7. The van der Waals surface area contributed by atoms with E-state index in [1.165, 1.54) is 12.1 Å². The Morgan fingerprint density at radius 2 is 2.00 bits per heavy atom. The first-order valence-corrected chi connectivity index (χ1v) is 6.66. The predicted octanol–water partition coefficient (Wildman–Crippen LogP) is 2.08. The average Bonchev–Trinajstić information content (AvgIpc) is 2.77. The monoisotopic (exact) mass is 276 g/mol. The van der Waals surface area contributed by atoms with Gasteiger partial charge in [-0.2, -0.15) is 0 Å². The first-order valence-electron chi connectivity index (χ1n) is 6.66. The SMILES string of the molecule is CC(N)C(c1ccc(F)cc1)N(C)Cc1nccn1C. The Bertz CT molecular complexity index is 547. The fourth-order valence-corrected chi connectivity index (χ4v) is 2.49. The molecular weight excluding hydrogens is 255 g/mol. The highest BCUT2D eigenvalue weighted by Gasteiger charge is 2.22. The number of rotatable bonds is 5. The molecule has 0 saturated carbocycles. The van der Waals surface area contributed by atoms with Gasteiger partial charge < -0.3 is 10.3 Å². The molecule has 2 aromatic rings. The quantitative estimate of drug-likeness (QED) is 0.909. The molecule has 2 rings (SSSR count). The van der Waals surface area contributed by atoms with Crippen molar-refractivity contribution in [2.45, 2.75) is 25.6 Å². The van der Waals surface area contributed by atoms with Crippen LogP contribution in [-0.4, -0.2) is 27.5 Å². The molecule has 1 aromatic heterocycles. The molecule has 0 amide bonds. The molecule has 2 unspecified atom stereocenters. The van der Waals surface area contributed by atoms with Crippen molar-refractivity contribution in [3.05, 3.63) is 53.9 Å². The van der Waals surface area contributed by atoms with Crippen molar-refractivity contribution in [1.82, 2.24) is 14.5 Å². The zero-order valence-electron chi connectivity index (χ0n) is 12.1. The van der Waals surface area contributed by atoms with E-state index in [4.69, 9.17) is 5.73 Å². The van der Waals surface area contributed by atoms with Crippen LogP contribution in [0.4, 0.5) is 4.39 Å². The molecule has 2 N–H and O–H groups in total. The second kappa shape index (κ2) is 6.15. The van der Waals surface area contributed by atoms with Crippen LogP contribution in [0.1, 0.15) is 24.4 Å². The van der Waals surface area contributed by atoms with Gasteiger partial charge in [0.15, 0.2) is 0 Å². The summed E-state index contributed by atoms with van der Waals surface area (Å²) in [6.45, 7) is 2.65. The maximum absolute atomic E-state index is 13.1. The number of halogens is 1. The molecule has 0 aliphatic rings. The molecule has 2 atom stereocenters. The summed E-state index contributed by atoms with van der Waals surface area (Å²) in [6, 6.07) is 6.48. The van der Waals surface area contributed by atoms with Crippen molar-refractivity contribution in [3.8, 4) is 0 Å². The van der Waals surface area contributed by atoms with E-state index in [2.05, 4.69) is 9.88 Å². The van der Waals surface area contributed by atoms with Crippen LogP contribution < -0.4 is 5.73 Å². The third-order valence-corrected chi connectivity index (χ3v) is 3.50. The van der Waals surface area contributed by atoms with Crippen LogP contribution in [0.25, 0.3) is 0 Å². The maximum atomic E-state index is 13.1. The number of nitrogens with zero attached hydrogens (tertiary/aromatic N) is 3. The second-order valence-corrected chi connectivity index (χ2v) is 5.22. The smallest absolute Gasteiger partial charge is 0.123 e. The molecule has 1 heterocycles. The molecule has 0 aliphatic carbocycles. The predicted molar refractivity (Wildman–Crippen MR) is 77.5 cm³/mol. The minimum atomic E-state index is -0.232. The number of hydrogen-bond acceptors (Lipinski definition) is 3. The summed E-state index contributed by atoms with van der Waals surface area (Å²) < 4.78 is 15.0. The normalized spacial score (nSPS) is 14.5. The first kappa shape index (κ1) is 14.7. The zero-order valence-corrected chi connectivity index (χ0v) is 12.1. The Balaban J connectivity index is 2.20. The van der Waals surface area contributed by atoms with Gasteiger partial charge in [0.1, 0.15) is 11.6 Å². The Kier molecular flexibility index (Phi) is 4.52. The van der Waals surface area contributed by atoms with Gasteiger partial charge in [-0.15, -0.1) is 0 Å².